The second kappa shape index (κ2) is 7.59. The zero-order valence-electron chi connectivity index (χ0n) is 16.4. The van der Waals surface area contributed by atoms with Crippen molar-refractivity contribution in [2.45, 2.75) is 26.7 Å². The summed E-state index contributed by atoms with van der Waals surface area (Å²) in [4.78, 5) is 27.7. The molecule has 0 bridgehead atoms. The van der Waals surface area contributed by atoms with E-state index >= 15 is 0 Å². The van der Waals surface area contributed by atoms with E-state index in [2.05, 4.69) is 0 Å². The van der Waals surface area contributed by atoms with Gasteiger partial charge in [-0.05, 0) is 50.0 Å². The lowest BCUT2D eigenvalue weighted by atomic mass is 9.93. The van der Waals surface area contributed by atoms with Crippen LogP contribution in [0.2, 0.25) is 0 Å². The monoisotopic (exact) mass is 371 g/mol. The molecule has 2 aliphatic rings. The number of hydrogen-bond acceptors (Lipinski definition) is 2. The van der Waals surface area contributed by atoms with E-state index in [0.29, 0.717) is 24.2 Å². The summed E-state index contributed by atoms with van der Waals surface area (Å²) < 4.78 is 0. The van der Waals surface area contributed by atoms with E-state index in [1.807, 2.05) is 79.4 Å². The summed E-state index contributed by atoms with van der Waals surface area (Å²) in [5.41, 5.74) is 5.71. The number of carbonyl (C=O) groups is 2. The fraction of sp³-hybridized carbons (Fsp3) is 0.280. The SMILES string of the molecule is Cc1ccc(/C=C2\CN(C(=O)C3CC3)C/C(=C\c3ccc(C)cc3)C2=O)cc1. The molecule has 0 spiro atoms. The maximum atomic E-state index is 13.1. The van der Waals surface area contributed by atoms with Crippen LogP contribution < -0.4 is 0 Å². The molecule has 2 aromatic rings. The lowest BCUT2D eigenvalue weighted by Crippen LogP contribution is -2.42. The fourth-order valence-electron chi connectivity index (χ4n) is 3.51. The fourth-order valence-corrected chi connectivity index (χ4v) is 3.51. The molecule has 0 N–H and O–H groups in total. The minimum Gasteiger partial charge on any atom is -0.334 e. The van der Waals surface area contributed by atoms with Crippen molar-refractivity contribution in [1.29, 1.82) is 0 Å². The molecule has 0 aromatic heterocycles. The van der Waals surface area contributed by atoms with Crippen LogP contribution in [0.3, 0.4) is 0 Å². The molecule has 3 heteroatoms. The summed E-state index contributed by atoms with van der Waals surface area (Å²) in [5.74, 6) is 0.368. The highest BCUT2D eigenvalue weighted by molar-refractivity contribution is 6.15. The summed E-state index contributed by atoms with van der Waals surface area (Å²) in [6.07, 6.45) is 5.79. The van der Waals surface area contributed by atoms with Crippen LogP contribution in [0.1, 0.15) is 35.1 Å². The number of piperidine rings is 1. The first-order valence-electron chi connectivity index (χ1n) is 9.87. The maximum absolute atomic E-state index is 13.1. The van der Waals surface area contributed by atoms with Crippen LogP contribution in [0.5, 0.6) is 0 Å². The zero-order valence-corrected chi connectivity index (χ0v) is 16.4. The Balaban J connectivity index is 1.68. The van der Waals surface area contributed by atoms with E-state index in [-0.39, 0.29) is 17.6 Å². The summed E-state index contributed by atoms with van der Waals surface area (Å²) in [6, 6.07) is 16.2. The number of amides is 1. The average Bonchev–Trinajstić information content (AvgIpc) is 3.53. The average molecular weight is 371 g/mol. The molecule has 1 aliphatic heterocycles. The number of ketones is 1. The van der Waals surface area contributed by atoms with Crippen molar-refractivity contribution < 1.29 is 9.59 Å². The smallest absolute Gasteiger partial charge is 0.226 e. The Morgan fingerprint density at radius 1 is 0.821 bits per heavy atom. The third kappa shape index (κ3) is 4.14. The summed E-state index contributed by atoms with van der Waals surface area (Å²) in [5, 5.41) is 0. The lowest BCUT2D eigenvalue weighted by Gasteiger charge is -2.30. The highest BCUT2D eigenvalue weighted by atomic mass is 16.2. The van der Waals surface area contributed by atoms with E-state index in [4.69, 9.17) is 0 Å². The molecule has 1 saturated carbocycles. The number of Topliss-reactive ketones (excluding diaryl/α,β-unsaturated/α-hetero) is 1. The molecule has 1 saturated heterocycles. The molecule has 28 heavy (non-hydrogen) atoms. The van der Waals surface area contributed by atoms with Gasteiger partial charge in [-0.3, -0.25) is 9.59 Å². The number of rotatable bonds is 3. The third-order valence-electron chi connectivity index (χ3n) is 5.38. The van der Waals surface area contributed by atoms with Gasteiger partial charge in [0.15, 0.2) is 5.78 Å². The first-order valence-corrected chi connectivity index (χ1v) is 9.87. The van der Waals surface area contributed by atoms with E-state index in [9.17, 15) is 9.59 Å². The van der Waals surface area contributed by atoms with E-state index in [1.165, 1.54) is 11.1 Å². The van der Waals surface area contributed by atoms with Crippen molar-refractivity contribution >= 4 is 23.8 Å². The van der Waals surface area contributed by atoms with Crippen molar-refractivity contribution in [3.05, 3.63) is 81.9 Å². The molecule has 2 aromatic carbocycles. The number of aryl methyl sites for hydroxylation is 2. The van der Waals surface area contributed by atoms with Gasteiger partial charge in [-0.2, -0.15) is 0 Å². The normalized spacial score (nSPS) is 20.1. The third-order valence-corrected chi connectivity index (χ3v) is 5.38. The Morgan fingerprint density at radius 3 is 1.64 bits per heavy atom. The first-order chi connectivity index (χ1) is 13.5. The van der Waals surface area contributed by atoms with Gasteiger partial charge in [0.25, 0.3) is 0 Å². The second-order valence-corrected chi connectivity index (χ2v) is 7.96. The van der Waals surface area contributed by atoms with E-state index in [1.54, 1.807) is 0 Å². The molecule has 142 valence electrons. The molecule has 3 nitrogen and oxygen atoms in total. The van der Waals surface area contributed by atoms with Crippen molar-refractivity contribution in [3.8, 4) is 0 Å². The van der Waals surface area contributed by atoms with Gasteiger partial charge < -0.3 is 4.90 Å². The van der Waals surface area contributed by atoms with Gasteiger partial charge in [0.1, 0.15) is 0 Å². The zero-order chi connectivity index (χ0) is 19.7. The Morgan fingerprint density at radius 2 is 1.25 bits per heavy atom. The second-order valence-electron chi connectivity index (χ2n) is 7.96. The van der Waals surface area contributed by atoms with Crippen LogP contribution in [-0.4, -0.2) is 29.7 Å². The summed E-state index contributed by atoms with van der Waals surface area (Å²) >= 11 is 0. The molecule has 2 fully saturated rings. The quantitative estimate of drug-likeness (QED) is 0.740. The van der Waals surface area contributed by atoms with Gasteiger partial charge >= 0.3 is 0 Å². The molecular formula is C25H25NO2. The predicted molar refractivity (Wildman–Crippen MR) is 113 cm³/mol. The van der Waals surface area contributed by atoms with Crippen LogP contribution in [0.4, 0.5) is 0 Å². The van der Waals surface area contributed by atoms with Gasteiger partial charge in [-0.25, -0.2) is 0 Å². The van der Waals surface area contributed by atoms with Crippen molar-refractivity contribution in [2.75, 3.05) is 13.1 Å². The highest BCUT2D eigenvalue weighted by Crippen LogP contribution is 2.33. The number of benzene rings is 2. The molecule has 1 heterocycles. The predicted octanol–water partition coefficient (Wildman–Crippen LogP) is 4.59. The standard InChI is InChI=1S/C25H25NO2/c1-17-3-7-19(8-4-17)13-22-15-26(25(28)21-11-12-21)16-23(24(22)27)14-20-9-5-18(2)6-10-20/h3-10,13-14,21H,11-12,15-16H2,1-2H3/b22-13+,23-14+. The molecule has 0 atom stereocenters. The van der Waals surface area contributed by atoms with Crippen molar-refractivity contribution in [2.24, 2.45) is 5.92 Å². The molecular weight excluding hydrogens is 346 g/mol. The molecule has 4 rings (SSSR count). The van der Waals surface area contributed by atoms with Crippen LogP contribution >= 0.6 is 0 Å². The van der Waals surface area contributed by atoms with Gasteiger partial charge in [-0.1, -0.05) is 59.7 Å². The Bertz CT molecular complexity index is 893. The van der Waals surface area contributed by atoms with E-state index < -0.39 is 0 Å². The molecule has 0 radical (unpaired) electrons. The van der Waals surface area contributed by atoms with Gasteiger partial charge in [0.05, 0.1) is 0 Å². The number of nitrogens with zero attached hydrogens (tertiary/aromatic N) is 1. The van der Waals surface area contributed by atoms with E-state index in [0.717, 1.165) is 24.0 Å². The highest BCUT2D eigenvalue weighted by Gasteiger charge is 2.37. The van der Waals surface area contributed by atoms with Crippen molar-refractivity contribution in [1.82, 2.24) is 4.90 Å². The molecule has 1 amide bonds. The van der Waals surface area contributed by atoms with Gasteiger partial charge in [-0.15, -0.1) is 0 Å². The van der Waals surface area contributed by atoms with Crippen LogP contribution in [0.25, 0.3) is 12.2 Å². The van der Waals surface area contributed by atoms with Gasteiger partial charge in [0.2, 0.25) is 5.91 Å². The summed E-state index contributed by atoms with van der Waals surface area (Å²) in [7, 11) is 0. The number of likely N-dealkylation sites (tertiary alicyclic amines) is 1. The largest absolute Gasteiger partial charge is 0.334 e. The van der Waals surface area contributed by atoms with Crippen LogP contribution in [0.15, 0.2) is 59.7 Å². The number of carbonyl (C=O) groups excluding carboxylic acids is 2. The molecule has 0 unspecified atom stereocenters. The first kappa shape index (κ1) is 18.4. The van der Waals surface area contributed by atoms with Crippen LogP contribution in [0, 0.1) is 19.8 Å². The minimum absolute atomic E-state index is 0.0426. The maximum Gasteiger partial charge on any atom is 0.226 e. The minimum atomic E-state index is 0.0426. The number of hydrogen-bond donors (Lipinski definition) is 0. The Hall–Kier alpha value is -2.94. The lowest BCUT2D eigenvalue weighted by molar-refractivity contribution is -0.132. The van der Waals surface area contributed by atoms with Crippen LogP contribution in [-0.2, 0) is 9.59 Å². The van der Waals surface area contributed by atoms with Gasteiger partial charge in [0, 0.05) is 30.2 Å². The molecule has 1 aliphatic carbocycles. The summed E-state index contributed by atoms with van der Waals surface area (Å²) in [6.45, 7) is 4.88. The topological polar surface area (TPSA) is 37.4 Å². The Kier molecular flexibility index (Phi) is 4.99. The Labute approximate surface area is 166 Å². The van der Waals surface area contributed by atoms with Crippen molar-refractivity contribution in [3.63, 3.8) is 0 Å².